The molecule has 1 N–H and O–H groups in total. The summed E-state index contributed by atoms with van der Waals surface area (Å²) in [4.78, 5) is 0.620. The molecule has 4 atom stereocenters. The van der Waals surface area contributed by atoms with Crippen molar-refractivity contribution < 1.29 is 9.84 Å². The Morgan fingerprint density at radius 3 is 2.58 bits per heavy atom. The lowest BCUT2D eigenvalue weighted by atomic mass is 9.83. The maximum Gasteiger partial charge on any atom is 0.0797 e. The molecule has 2 nitrogen and oxygen atoms in total. The van der Waals surface area contributed by atoms with E-state index in [4.69, 9.17) is 4.74 Å². The second kappa shape index (κ2) is 6.17. The minimum absolute atomic E-state index is 0.167. The van der Waals surface area contributed by atoms with Gasteiger partial charge in [-0.15, -0.1) is 6.58 Å². The summed E-state index contributed by atoms with van der Waals surface area (Å²) in [6.07, 6.45) is 5.26. The maximum absolute atomic E-state index is 10.0. The van der Waals surface area contributed by atoms with Gasteiger partial charge in [0.25, 0.3) is 0 Å². The first-order valence-electron chi connectivity index (χ1n) is 6.87. The van der Waals surface area contributed by atoms with Crippen molar-refractivity contribution in [3.8, 4) is 0 Å². The number of aliphatic hydroxyl groups is 1. The number of hydrogen-bond acceptors (Lipinski definition) is 2. The molecule has 0 bridgehead atoms. The molecule has 112 valence electrons. The lowest BCUT2D eigenvalue weighted by Crippen LogP contribution is -2.53. The summed E-state index contributed by atoms with van der Waals surface area (Å²) < 4.78 is 6.33. The van der Waals surface area contributed by atoms with Crippen LogP contribution in [0, 0.1) is 0 Å². The van der Waals surface area contributed by atoms with E-state index < -0.39 is 5.60 Å². The van der Waals surface area contributed by atoms with Gasteiger partial charge in [0, 0.05) is 9.65 Å². The first-order valence-corrected chi connectivity index (χ1v) is 8.70. The van der Waals surface area contributed by atoms with Gasteiger partial charge in [0.2, 0.25) is 0 Å². The van der Waals surface area contributed by atoms with Gasteiger partial charge in [0.1, 0.15) is 0 Å². The quantitative estimate of drug-likeness (QED) is 0.543. The van der Waals surface area contributed by atoms with Crippen molar-refractivity contribution >= 4 is 31.9 Å². The highest BCUT2D eigenvalue weighted by atomic mass is 79.9. The van der Waals surface area contributed by atoms with Crippen molar-refractivity contribution in [3.05, 3.63) is 12.7 Å². The molecule has 0 aromatic rings. The van der Waals surface area contributed by atoms with E-state index in [9.17, 15) is 5.11 Å². The Morgan fingerprint density at radius 1 is 1.53 bits per heavy atom. The average molecular weight is 398 g/mol. The topological polar surface area (TPSA) is 29.5 Å². The van der Waals surface area contributed by atoms with Crippen molar-refractivity contribution in [1.82, 2.24) is 0 Å². The van der Waals surface area contributed by atoms with Gasteiger partial charge in [-0.25, -0.2) is 0 Å². The van der Waals surface area contributed by atoms with Crippen LogP contribution in [-0.2, 0) is 4.74 Å². The van der Waals surface area contributed by atoms with Crippen LogP contribution in [0.5, 0.6) is 0 Å². The second-order valence-electron chi connectivity index (χ2n) is 6.59. The van der Waals surface area contributed by atoms with Crippen LogP contribution in [0.1, 0.15) is 53.4 Å². The average Bonchev–Trinajstić information content (AvgIpc) is 2.31. The molecule has 0 saturated carbocycles. The Hall–Kier alpha value is 0.620. The largest absolute Gasteiger partial charge is 0.386 e. The van der Waals surface area contributed by atoms with E-state index in [1.807, 2.05) is 0 Å². The van der Waals surface area contributed by atoms with Crippen LogP contribution in [0.25, 0.3) is 0 Å². The van der Waals surface area contributed by atoms with Gasteiger partial charge in [-0.1, -0.05) is 37.9 Å². The van der Waals surface area contributed by atoms with Crippen molar-refractivity contribution in [3.63, 3.8) is 0 Å². The smallest absolute Gasteiger partial charge is 0.0797 e. The highest BCUT2D eigenvalue weighted by Crippen LogP contribution is 2.43. The van der Waals surface area contributed by atoms with E-state index >= 15 is 0 Å². The molecule has 0 radical (unpaired) electrons. The number of hydrogen-bond donors (Lipinski definition) is 1. The lowest BCUT2D eigenvalue weighted by Gasteiger charge is -2.48. The third kappa shape index (κ3) is 4.55. The van der Waals surface area contributed by atoms with Crippen LogP contribution in [0.3, 0.4) is 0 Å². The molecule has 0 spiro atoms. The third-order valence-electron chi connectivity index (χ3n) is 4.15. The number of halogens is 2. The summed E-state index contributed by atoms with van der Waals surface area (Å²) in [6.45, 7) is 11.9. The van der Waals surface area contributed by atoms with Gasteiger partial charge in [-0.3, -0.25) is 0 Å². The third-order valence-corrected chi connectivity index (χ3v) is 7.14. The number of ether oxygens (including phenoxy) is 1. The molecule has 0 aliphatic carbocycles. The van der Waals surface area contributed by atoms with Crippen LogP contribution in [0.4, 0.5) is 0 Å². The fraction of sp³-hybridized carbons (Fsp3) is 0.867. The van der Waals surface area contributed by atoms with E-state index in [0.717, 1.165) is 19.3 Å². The van der Waals surface area contributed by atoms with Gasteiger partial charge in [-0.05, 0) is 53.4 Å². The van der Waals surface area contributed by atoms with Gasteiger partial charge < -0.3 is 9.84 Å². The van der Waals surface area contributed by atoms with E-state index in [-0.39, 0.29) is 16.0 Å². The maximum atomic E-state index is 10.0. The zero-order chi connectivity index (χ0) is 14.9. The van der Waals surface area contributed by atoms with E-state index in [1.165, 1.54) is 0 Å². The molecule has 4 heteroatoms. The SMILES string of the molecule is C=CC(C)(O)CCC(Br)C1(C)CC[C@H](Br)C(C)(C)O1. The minimum Gasteiger partial charge on any atom is -0.386 e. The first-order chi connectivity index (χ1) is 8.52. The lowest BCUT2D eigenvalue weighted by molar-refractivity contribution is -0.160. The Morgan fingerprint density at radius 2 is 2.11 bits per heavy atom. The van der Waals surface area contributed by atoms with Crippen molar-refractivity contribution in [2.45, 2.75) is 79.8 Å². The van der Waals surface area contributed by atoms with Crippen molar-refractivity contribution in [2.75, 3.05) is 0 Å². The predicted molar refractivity (Wildman–Crippen MR) is 88.3 cm³/mol. The zero-order valence-corrected chi connectivity index (χ0v) is 15.6. The molecule has 1 rings (SSSR count). The van der Waals surface area contributed by atoms with E-state index in [2.05, 4.69) is 59.2 Å². The molecule has 0 aromatic carbocycles. The van der Waals surface area contributed by atoms with E-state index in [1.54, 1.807) is 13.0 Å². The Kier molecular flexibility index (Phi) is 5.73. The molecule has 0 aromatic heterocycles. The van der Waals surface area contributed by atoms with Gasteiger partial charge >= 0.3 is 0 Å². The van der Waals surface area contributed by atoms with Gasteiger partial charge in [-0.2, -0.15) is 0 Å². The summed E-state index contributed by atoms with van der Waals surface area (Å²) in [5, 5.41) is 10.0. The van der Waals surface area contributed by atoms with Crippen LogP contribution in [0.15, 0.2) is 12.7 Å². The Balaban J connectivity index is 2.65. The van der Waals surface area contributed by atoms with Crippen LogP contribution in [0.2, 0.25) is 0 Å². The minimum atomic E-state index is -0.801. The van der Waals surface area contributed by atoms with Crippen molar-refractivity contribution in [2.24, 2.45) is 0 Å². The Bertz CT molecular complexity index is 328. The molecule has 1 heterocycles. The second-order valence-corrected chi connectivity index (χ2v) is 8.80. The number of alkyl halides is 2. The van der Waals surface area contributed by atoms with Crippen LogP contribution < -0.4 is 0 Å². The summed E-state index contributed by atoms with van der Waals surface area (Å²) in [5.74, 6) is 0. The van der Waals surface area contributed by atoms with E-state index in [0.29, 0.717) is 11.2 Å². The zero-order valence-electron chi connectivity index (χ0n) is 12.4. The monoisotopic (exact) mass is 396 g/mol. The first kappa shape index (κ1) is 17.7. The Labute approximate surface area is 134 Å². The summed E-state index contributed by atoms with van der Waals surface area (Å²) in [6, 6.07) is 0. The molecule has 1 fully saturated rings. The molecule has 1 aliphatic rings. The summed E-state index contributed by atoms with van der Waals surface area (Å²) >= 11 is 7.46. The molecule has 19 heavy (non-hydrogen) atoms. The standard InChI is InChI=1S/C15H26Br2O2/c1-6-14(4,18)9-7-12(17)15(5)10-8-11(16)13(2,3)19-15/h6,11-12,18H,1,7-10H2,2-5H3/t11-,12?,14?,15?/m0/s1. The highest BCUT2D eigenvalue weighted by molar-refractivity contribution is 9.09. The fourth-order valence-corrected chi connectivity index (χ4v) is 3.40. The van der Waals surface area contributed by atoms with Crippen LogP contribution >= 0.6 is 31.9 Å². The predicted octanol–water partition coefficient (Wildman–Crippen LogP) is 4.58. The molecule has 1 saturated heterocycles. The van der Waals surface area contributed by atoms with Gasteiger partial charge in [0.15, 0.2) is 0 Å². The van der Waals surface area contributed by atoms with Crippen molar-refractivity contribution in [1.29, 1.82) is 0 Å². The normalized spacial score (nSPS) is 35.4. The highest BCUT2D eigenvalue weighted by Gasteiger charge is 2.46. The molecule has 3 unspecified atom stereocenters. The molecular formula is C15H26Br2O2. The van der Waals surface area contributed by atoms with Gasteiger partial charge in [0.05, 0.1) is 16.8 Å². The summed E-state index contributed by atoms with van der Waals surface area (Å²) in [5.41, 5.74) is -1.16. The molecule has 0 amide bonds. The number of rotatable bonds is 5. The molecule has 1 aliphatic heterocycles. The van der Waals surface area contributed by atoms with Crippen LogP contribution in [-0.4, -0.2) is 31.6 Å². The summed E-state index contributed by atoms with van der Waals surface area (Å²) in [7, 11) is 0. The fourth-order valence-electron chi connectivity index (χ4n) is 2.52. The molecular weight excluding hydrogens is 372 g/mol.